The van der Waals surface area contributed by atoms with Crippen molar-refractivity contribution in [1.82, 2.24) is 14.7 Å². The van der Waals surface area contributed by atoms with Crippen LogP contribution in [0.3, 0.4) is 0 Å². The zero-order valence-corrected chi connectivity index (χ0v) is 9.90. The zero-order chi connectivity index (χ0) is 12.4. The second-order valence-corrected chi connectivity index (χ2v) is 4.45. The Morgan fingerprint density at radius 3 is 3.12 bits per heavy atom. The molecule has 1 atom stereocenters. The fourth-order valence-corrected chi connectivity index (χ4v) is 2.27. The first kappa shape index (κ1) is 11.6. The van der Waals surface area contributed by atoms with E-state index in [1.807, 2.05) is 9.78 Å². The minimum Gasteiger partial charge on any atom is -0.480 e. The van der Waals surface area contributed by atoms with Crippen LogP contribution in [0.4, 0.5) is 0 Å². The molecule has 90 valence electrons. The minimum atomic E-state index is -1.04. The fraction of sp³-hybridized carbons (Fsp3) is 0.300. The van der Waals surface area contributed by atoms with Crippen molar-refractivity contribution in [3.8, 4) is 0 Å². The summed E-state index contributed by atoms with van der Waals surface area (Å²) in [5.74, 6) is -1.36. The summed E-state index contributed by atoms with van der Waals surface area (Å²) in [6, 6.07) is -0.876. The van der Waals surface area contributed by atoms with E-state index in [9.17, 15) is 9.59 Å². The number of carboxylic acids is 1. The van der Waals surface area contributed by atoms with E-state index < -0.39 is 12.0 Å². The van der Waals surface area contributed by atoms with Crippen molar-refractivity contribution in [3.05, 3.63) is 23.5 Å². The van der Waals surface area contributed by atoms with Crippen molar-refractivity contribution in [2.24, 2.45) is 0 Å². The molecule has 0 saturated heterocycles. The molecule has 2 heterocycles. The SMILES string of the molecule is C[C@H](NC(=O)Cc1csc2nccn12)C(=O)O. The Bertz CT molecular complexity index is 560. The van der Waals surface area contributed by atoms with Gasteiger partial charge in [0.15, 0.2) is 4.96 Å². The van der Waals surface area contributed by atoms with Crippen molar-refractivity contribution in [2.45, 2.75) is 19.4 Å². The van der Waals surface area contributed by atoms with Crippen LogP contribution < -0.4 is 5.32 Å². The Morgan fingerprint density at radius 1 is 1.65 bits per heavy atom. The molecule has 0 radical (unpaired) electrons. The third kappa shape index (κ3) is 2.44. The third-order valence-electron chi connectivity index (χ3n) is 2.31. The van der Waals surface area contributed by atoms with E-state index >= 15 is 0 Å². The fourth-order valence-electron chi connectivity index (χ4n) is 1.42. The lowest BCUT2D eigenvalue weighted by Crippen LogP contribution is -2.39. The van der Waals surface area contributed by atoms with Crippen molar-refractivity contribution in [2.75, 3.05) is 0 Å². The molecule has 0 unspecified atom stereocenters. The first-order valence-corrected chi connectivity index (χ1v) is 5.87. The maximum Gasteiger partial charge on any atom is 0.325 e. The number of imidazole rings is 1. The molecule has 7 heteroatoms. The van der Waals surface area contributed by atoms with Gasteiger partial charge in [0.1, 0.15) is 6.04 Å². The van der Waals surface area contributed by atoms with E-state index in [2.05, 4.69) is 10.3 Å². The molecular weight excluding hydrogens is 242 g/mol. The van der Waals surface area contributed by atoms with Crippen LogP contribution in [0, 0.1) is 0 Å². The van der Waals surface area contributed by atoms with Crippen LogP contribution in [0.2, 0.25) is 0 Å². The maximum atomic E-state index is 11.6. The standard InChI is InChI=1S/C10H11N3O3S/c1-6(9(15)16)12-8(14)4-7-5-17-10-11-2-3-13(7)10/h2-3,5-6H,4H2,1H3,(H,12,14)(H,15,16)/t6-/m0/s1. The molecule has 0 aliphatic heterocycles. The monoisotopic (exact) mass is 253 g/mol. The van der Waals surface area contributed by atoms with E-state index in [1.165, 1.54) is 18.3 Å². The first-order valence-electron chi connectivity index (χ1n) is 4.99. The number of aromatic nitrogens is 2. The average molecular weight is 253 g/mol. The highest BCUT2D eigenvalue weighted by atomic mass is 32.1. The summed E-state index contributed by atoms with van der Waals surface area (Å²) in [7, 11) is 0. The van der Waals surface area contributed by atoms with Crippen molar-refractivity contribution in [3.63, 3.8) is 0 Å². The number of aliphatic carboxylic acids is 1. The number of hydrogen-bond donors (Lipinski definition) is 2. The summed E-state index contributed by atoms with van der Waals surface area (Å²) in [6.45, 7) is 1.43. The molecule has 0 fully saturated rings. The minimum absolute atomic E-state index is 0.147. The molecule has 1 amide bonds. The lowest BCUT2D eigenvalue weighted by atomic mass is 10.3. The summed E-state index contributed by atoms with van der Waals surface area (Å²) in [4.78, 5) is 27.1. The molecule has 0 aliphatic carbocycles. The Balaban J connectivity index is 2.04. The number of carboxylic acid groups (broad SMARTS) is 1. The number of hydrogen-bond acceptors (Lipinski definition) is 4. The average Bonchev–Trinajstić information content (AvgIpc) is 2.82. The predicted molar refractivity (Wildman–Crippen MR) is 62.0 cm³/mol. The van der Waals surface area contributed by atoms with Crippen LogP contribution in [0.15, 0.2) is 17.8 Å². The highest BCUT2D eigenvalue weighted by molar-refractivity contribution is 7.15. The van der Waals surface area contributed by atoms with Crippen molar-refractivity contribution in [1.29, 1.82) is 0 Å². The number of rotatable bonds is 4. The highest BCUT2D eigenvalue weighted by Gasteiger charge is 2.15. The lowest BCUT2D eigenvalue weighted by Gasteiger charge is -2.08. The summed E-state index contributed by atoms with van der Waals surface area (Å²) < 4.78 is 1.82. The Hall–Kier alpha value is -1.89. The summed E-state index contributed by atoms with van der Waals surface area (Å²) in [5.41, 5.74) is 0.803. The van der Waals surface area contributed by atoms with Gasteiger partial charge in [-0.2, -0.15) is 0 Å². The number of nitrogens with zero attached hydrogens (tertiary/aromatic N) is 2. The lowest BCUT2D eigenvalue weighted by molar-refractivity contribution is -0.141. The normalized spacial score (nSPS) is 12.5. The number of carbonyl (C=O) groups excluding carboxylic acids is 1. The highest BCUT2D eigenvalue weighted by Crippen LogP contribution is 2.14. The molecule has 0 aromatic carbocycles. The topological polar surface area (TPSA) is 83.7 Å². The molecule has 0 aliphatic rings. The molecule has 17 heavy (non-hydrogen) atoms. The maximum absolute atomic E-state index is 11.6. The molecule has 2 N–H and O–H groups in total. The third-order valence-corrected chi connectivity index (χ3v) is 3.21. The van der Waals surface area contributed by atoms with E-state index in [4.69, 9.17) is 5.11 Å². The van der Waals surface area contributed by atoms with Gasteiger partial charge in [-0.25, -0.2) is 4.98 Å². The van der Waals surface area contributed by atoms with Gasteiger partial charge in [-0.3, -0.25) is 14.0 Å². The number of carbonyl (C=O) groups is 2. The number of thiazole rings is 1. The second-order valence-electron chi connectivity index (χ2n) is 3.61. The molecule has 2 rings (SSSR count). The molecule has 0 saturated carbocycles. The van der Waals surface area contributed by atoms with Gasteiger partial charge in [0, 0.05) is 23.5 Å². The smallest absolute Gasteiger partial charge is 0.325 e. The van der Waals surface area contributed by atoms with E-state index in [1.54, 1.807) is 12.4 Å². The van der Waals surface area contributed by atoms with Crippen molar-refractivity contribution >= 4 is 28.2 Å². The Morgan fingerprint density at radius 2 is 2.41 bits per heavy atom. The van der Waals surface area contributed by atoms with Gasteiger partial charge in [-0.15, -0.1) is 11.3 Å². The van der Waals surface area contributed by atoms with Gasteiger partial charge in [-0.05, 0) is 6.92 Å². The van der Waals surface area contributed by atoms with Gasteiger partial charge in [-0.1, -0.05) is 0 Å². The summed E-state index contributed by atoms with van der Waals surface area (Å²) >= 11 is 1.44. The predicted octanol–water partition coefficient (Wildman–Crippen LogP) is 0.528. The molecule has 2 aromatic rings. The van der Waals surface area contributed by atoms with Crippen LogP contribution in [-0.4, -0.2) is 32.4 Å². The van der Waals surface area contributed by atoms with Crippen LogP contribution >= 0.6 is 11.3 Å². The Labute approximate surface area is 101 Å². The van der Waals surface area contributed by atoms with Crippen LogP contribution in [0.5, 0.6) is 0 Å². The van der Waals surface area contributed by atoms with E-state index in [0.29, 0.717) is 0 Å². The quantitative estimate of drug-likeness (QED) is 0.832. The molecule has 6 nitrogen and oxygen atoms in total. The summed E-state index contributed by atoms with van der Waals surface area (Å²) in [5, 5.41) is 12.9. The van der Waals surface area contributed by atoms with Crippen LogP contribution in [-0.2, 0) is 16.0 Å². The van der Waals surface area contributed by atoms with Gasteiger partial charge in [0.2, 0.25) is 5.91 Å². The molecular formula is C10H11N3O3S. The summed E-state index contributed by atoms with van der Waals surface area (Å²) in [6.07, 6.45) is 3.58. The molecule has 2 aromatic heterocycles. The largest absolute Gasteiger partial charge is 0.480 e. The van der Waals surface area contributed by atoms with Gasteiger partial charge < -0.3 is 10.4 Å². The molecule has 0 spiro atoms. The number of nitrogens with one attached hydrogen (secondary N) is 1. The zero-order valence-electron chi connectivity index (χ0n) is 9.08. The van der Waals surface area contributed by atoms with Gasteiger partial charge in [0.05, 0.1) is 6.42 Å². The second kappa shape index (κ2) is 4.54. The number of amides is 1. The van der Waals surface area contributed by atoms with Gasteiger partial charge >= 0.3 is 5.97 Å². The van der Waals surface area contributed by atoms with E-state index in [-0.39, 0.29) is 12.3 Å². The van der Waals surface area contributed by atoms with Crippen molar-refractivity contribution < 1.29 is 14.7 Å². The van der Waals surface area contributed by atoms with Crippen LogP contribution in [0.1, 0.15) is 12.6 Å². The molecule has 0 bridgehead atoms. The number of fused-ring (bicyclic) bond motifs is 1. The van der Waals surface area contributed by atoms with Gasteiger partial charge in [0.25, 0.3) is 0 Å². The first-order chi connectivity index (χ1) is 8.08. The van der Waals surface area contributed by atoms with E-state index in [0.717, 1.165) is 10.7 Å². The Kier molecular flexibility index (Phi) is 3.10. The van der Waals surface area contributed by atoms with Crippen LogP contribution in [0.25, 0.3) is 4.96 Å².